The summed E-state index contributed by atoms with van der Waals surface area (Å²) < 4.78 is 0. The van der Waals surface area contributed by atoms with Crippen LogP contribution in [0.25, 0.3) is 0 Å². The Kier molecular flexibility index (Phi) is 14.1. The smallest absolute Gasteiger partial charge is 0.326 e. The minimum atomic E-state index is -1.69. The second-order valence-corrected chi connectivity index (χ2v) is 7.97. The summed E-state index contributed by atoms with van der Waals surface area (Å²) in [6.45, 7) is 0. The van der Waals surface area contributed by atoms with Crippen LogP contribution >= 0.6 is 24.4 Å². The Morgan fingerprint density at radius 3 is 1.84 bits per heavy atom. The molecule has 0 aromatic heterocycles. The number of hydrogen-bond donors (Lipinski definition) is 8. The van der Waals surface area contributed by atoms with Crippen molar-refractivity contribution >= 4 is 60.0 Å². The second kappa shape index (κ2) is 15.3. The number of carboxylic acid groups (broad SMARTS) is 3. The van der Waals surface area contributed by atoms with Crippen molar-refractivity contribution in [1.82, 2.24) is 16.0 Å². The molecule has 0 rings (SSSR count). The largest absolute Gasteiger partial charge is 0.481 e. The average Bonchev–Trinajstić information content (AvgIpc) is 2.71. The van der Waals surface area contributed by atoms with E-state index >= 15 is 0 Å². The first kappa shape index (κ1) is 29.5. The van der Waals surface area contributed by atoms with Gasteiger partial charge in [0, 0.05) is 12.2 Å². The SMILES string of the molecule is CSCCC(NC(=O)C(CS)NC(=O)C(N)CCC(=O)O)C(=O)NC(CC(=O)O)C(=O)O. The number of carboxylic acids is 3. The molecule has 182 valence electrons. The van der Waals surface area contributed by atoms with E-state index in [-0.39, 0.29) is 25.0 Å². The minimum Gasteiger partial charge on any atom is -0.481 e. The lowest BCUT2D eigenvalue weighted by molar-refractivity contribution is -0.147. The zero-order valence-corrected chi connectivity index (χ0v) is 19.0. The topological polar surface area (TPSA) is 225 Å². The van der Waals surface area contributed by atoms with Gasteiger partial charge in [0.2, 0.25) is 17.7 Å². The zero-order valence-electron chi connectivity index (χ0n) is 17.3. The van der Waals surface area contributed by atoms with Gasteiger partial charge in [-0.3, -0.25) is 24.0 Å². The first-order chi connectivity index (χ1) is 14.9. The molecule has 0 bridgehead atoms. The normalized spacial score (nSPS) is 14.3. The number of thioether (sulfide) groups is 1. The molecule has 4 unspecified atom stereocenters. The number of nitrogens with two attached hydrogens (primary N) is 1. The van der Waals surface area contributed by atoms with E-state index in [1.165, 1.54) is 11.8 Å². The van der Waals surface area contributed by atoms with E-state index in [4.69, 9.17) is 21.1 Å². The Morgan fingerprint density at radius 1 is 0.844 bits per heavy atom. The maximum absolute atomic E-state index is 12.6. The van der Waals surface area contributed by atoms with Gasteiger partial charge in [0.25, 0.3) is 0 Å². The zero-order chi connectivity index (χ0) is 24.8. The van der Waals surface area contributed by atoms with E-state index < -0.39 is 66.2 Å². The van der Waals surface area contributed by atoms with E-state index in [0.717, 1.165) is 0 Å². The number of thiol groups is 1. The highest BCUT2D eigenvalue weighted by Crippen LogP contribution is 2.05. The van der Waals surface area contributed by atoms with Crippen LogP contribution in [0.15, 0.2) is 0 Å². The summed E-state index contributed by atoms with van der Waals surface area (Å²) in [5, 5.41) is 33.3. The number of rotatable bonds is 16. The molecule has 8 N–H and O–H groups in total. The predicted octanol–water partition coefficient (Wildman–Crippen LogP) is -2.12. The van der Waals surface area contributed by atoms with Gasteiger partial charge in [0.15, 0.2) is 0 Å². The lowest BCUT2D eigenvalue weighted by atomic mass is 10.1. The number of carbonyl (C=O) groups excluding carboxylic acids is 3. The summed E-state index contributed by atoms with van der Waals surface area (Å²) in [6.07, 6.45) is 0.499. The lowest BCUT2D eigenvalue weighted by Gasteiger charge is -2.24. The highest BCUT2D eigenvalue weighted by Gasteiger charge is 2.30. The van der Waals surface area contributed by atoms with Crippen molar-refractivity contribution < 1.29 is 44.1 Å². The maximum atomic E-state index is 12.6. The summed E-state index contributed by atoms with van der Waals surface area (Å²) >= 11 is 5.35. The van der Waals surface area contributed by atoms with Crippen LogP contribution in [0, 0.1) is 0 Å². The molecule has 15 heteroatoms. The van der Waals surface area contributed by atoms with Gasteiger partial charge < -0.3 is 37.0 Å². The fourth-order valence-electron chi connectivity index (χ4n) is 2.31. The average molecular weight is 497 g/mol. The Morgan fingerprint density at radius 2 is 1.38 bits per heavy atom. The molecular weight excluding hydrogens is 468 g/mol. The maximum Gasteiger partial charge on any atom is 0.326 e. The molecule has 0 aromatic carbocycles. The van der Waals surface area contributed by atoms with Gasteiger partial charge in [-0.1, -0.05) is 0 Å². The lowest BCUT2D eigenvalue weighted by Crippen LogP contribution is -2.57. The third-order valence-corrected chi connectivity index (χ3v) is 5.07. The standard InChI is InChI=1S/C17H28N4O9S2/c1-32-5-4-9(15(27)20-10(17(29)30)6-13(24)25)19-16(28)11(7-31)21-14(26)8(18)2-3-12(22)23/h8-11,31H,2-7,18H2,1H3,(H,19,28)(H,20,27)(H,21,26)(H,22,23)(H,24,25)(H,29,30). The van der Waals surface area contributed by atoms with Crippen LogP contribution in [0.5, 0.6) is 0 Å². The monoisotopic (exact) mass is 496 g/mol. The van der Waals surface area contributed by atoms with Gasteiger partial charge in [0.05, 0.1) is 12.5 Å². The van der Waals surface area contributed by atoms with Crippen molar-refractivity contribution in [3.05, 3.63) is 0 Å². The minimum absolute atomic E-state index is 0.101. The quantitative estimate of drug-likeness (QED) is 0.108. The van der Waals surface area contributed by atoms with E-state index in [1.807, 2.05) is 0 Å². The number of carbonyl (C=O) groups is 6. The Bertz CT molecular complexity index is 708. The molecule has 0 saturated heterocycles. The van der Waals surface area contributed by atoms with Gasteiger partial charge in [-0.25, -0.2) is 4.79 Å². The molecule has 0 spiro atoms. The van der Waals surface area contributed by atoms with Crippen LogP contribution in [-0.2, 0) is 28.8 Å². The summed E-state index contributed by atoms with van der Waals surface area (Å²) in [5.74, 6) is -6.36. The molecule has 13 nitrogen and oxygen atoms in total. The van der Waals surface area contributed by atoms with Gasteiger partial charge in [0.1, 0.15) is 18.1 Å². The summed E-state index contributed by atoms with van der Waals surface area (Å²) in [5.41, 5.74) is 5.60. The Labute approximate surface area is 193 Å². The molecule has 0 saturated carbocycles. The first-order valence-electron chi connectivity index (χ1n) is 9.35. The van der Waals surface area contributed by atoms with Crippen molar-refractivity contribution in [3.63, 3.8) is 0 Å². The fourth-order valence-corrected chi connectivity index (χ4v) is 3.04. The highest BCUT2D eigenvalue weighted by atomic mass is 32.2. The van der Waals surface area contributed by atoms with Crippen molar-refractivity contribution in [3.8, 4) is 0 Å². The van der Waals surface area contributed by atoms with Crippen LogP contribution in [0.3, 0.4) is 0 Å². The third kappa shape index (κ3) is 11.8. The molecule has 0 radical (unpaired) electrons. The van der Waals surface area contributed by atoms with Crippen molar-refractivity contribution in [2.45, 2.75) is 49.9 Å². The van der Waals surface area contributed by atoms with Gasteiger partial charge in [-0.05, 0) is 24.9 Å². The Hall–Kier alpha value is -2.52. The third-order valence-electron chi connectivity index (χ3n) is 4.06. The highest BCUT2D eigenvalue weighted by molar-refractivity contribution is 7.98. The van der Waals surface area contributed by atoms with Gasteiger partial charge >= 0.3 is 17.9 Å². The molecule has 0 aliphatic rings. The van der Waals surface area contributed by atoms with Crippen LogP contribution in [0.2, 0.25) is 0 Å². The van der Waals surface area contributed by atoms with Crippen LogP contribution in [-0.4, -0.2) is 92.9 Å². The molecular formula is C17H28N4O9S2. The predicted molar refractivity (Wildman–Crippen MR) is 117 cm³/mol. The fraction of sp³-hybridized carbons (Fsp3) is 0.647. The molecule has 0 aliphatic carbocycles. The van der Waals surface area contributed by atoms with Gasteiger partial charge in [-0.2, -0.15) is 24.4 Å². The second-order valence-electron chi connectivity index (χ2n) is 6.62. The van der Waals surface area contributed by atoms with E-state index in [1.54, 1.807) is 6.26 Å². The molecule has 32 heavy (non-hydrogen) atoms. The summed E-state index contributed by atoms with van der Waals surface area (Å²) in [7, 11) is 0. The van der Waals surface area contributed by atoms with Crippen molar-refractivity contribution in [1.29, 1.82) is 0 Å². The first-order valence-corrected chi connectivity index (χ1v) is 11.4. The molecule has 0 aromatic rings. The number of aliphatic carboxylic acids is 3. The number of nitrogens with one attached hydrogen (secondary N) is 3. The van der Waals surface area contributed by atoms with Crippen LogP contribution < -0.4 is 21.7 Å². The summed E-state index contributed by atoms with van der Waals surface area (Å²) in [4.78, 5) is 69.7. The van der Waals surface area contributed by atoms with Crippen LogP contribution in [0.4, 0.5) is 0 Å². The van der Waals surface area contributed by atoms with E-state index in [0.29, 0.717) is 5.75 Å². The Balaban J connectivity index is 5.20. The molecule has 3 amide bonds. The molecule has 4 atom stereocenters. The van der Waals surface area contributed by atoms with Crippen molar-refractivity contribution in [2.24, 2.45) is 5.73 Å². The van der Waals surface area contributed by atoms with Crippen molar-refractivity contribution in [2.75, 3.05) is 17.8 Å². The number of hydrogen-bond acceptors (Lipinski definition) is 9. The van der Waals surface area contributed by atoms with Gasteiger partial charge in [-0.15, -0.1) is 0 Å². The van der Waals surface area contributed by atoms with Crippen LogP contribution in [0.1, 0.15) is 25.7 Å². The van der Waals surface area contributed by atoms with E-state index in [9.17, 15) is 28.8 Å². The van der Waals surface area contributed by atoms with E-state index in [2.05, 4.69) is 28.6 Å². The molecule has 0 heterocycles. The molecule has 0 fully saturated rings. The summed E-state index contributed by atoms with van der Waals surface area (Å²) in [6, 6.07) is -5.28. The number of amides is 3. The molecule has 0 aliphatic heterocycles.